The lowest BCUT2D eigenvalue weighted by atomic mass is 10.1. The van der Waals surface area contributed by atoms with Crippen LogP contribution in [0.25, 0.3) is 0 Å². The van der Waals surface area contributed by atoms with Crippen LogP contribution in [0.2, 0.25) is 0 Å². The van der Waals surface area contributed by atoms with E-state index in [0.29, 0.717) is 6.61 Å². The van der Waals surface area contributed by atoms with Crippen LogP contribution in [0.15, 0.2) is 0 Å². The van der Waals surface area contributed by atoms with Gasteiger partial charge in [-0.05, 0) is 13.8 Å². The van der Waals surface area contributed by atoms with Crippen molar-refractivity contribution in [2.24, 2.45) is 0 Å². The first-order valence-corrected chi connectivity index (χ1v) is 4.79. The predicted molar refractivity (Wildman–Crippen MR) is 46.7 cm³/mol. The Hall–Kier alpha value is -0.200. The third kappa shape index (κ3) is 1.92. The number of rotatable bonds is 3. The fourth-order valence-electron chi connectivity index (χ4n) is 1.75. The first-order valence-electron chi connectivity index (χ1n) is 4.79. The van der Waals surface area contributed by atoms with E-state index < -0.39 is 18.0 Å². The molecule has 0 radical (unpaired) electrons. The van der Waals surface area contributed by atoms with Crippen LogP contribution >= 0.6 is 0 Å². The molecule has 2 fully saturated rings. The molecule has 0 aliphatic carbocycles. The van der Waals surface area contributed by atoms with E-state index in [4.69, 9.17) is 19.3 Å². The molecule has 2 aliphatic heterocycles. The first kappa shape index (κ1) is 10.3. The van der Waals surface area contributed by atoms with E-state index in [-0.39, 0.29) is 18.8 Å². The summed E-state index contributed by atoms with van der Waals surface area (Å²) < 4.78 is 16.2. The van der Waals surface area contributed by atoms with Crippen molar-refractivity contribution < 1.29 is 24.4 Å². The van der Waals surface area contributed by atoms with Gasteiger partial charge in [0.1, 0.15) is 24.4 Å². The molecule has 0 saturated carbocycles. The van der Waals surface area contributed by atoms with Gasteiger partial charge in [-0.3, -0.25) is 0 Å². The SMILES string of the molecule is CC1(C)O[C@H]([C@H](O)CO)[C@@H]([C@H]2CO2)O1. The largest absolute Gasteiger partial charge is 0.394 e. The molecule has 2 aliphatic rings. The highest BCUT2D eigenvalue weighted by atomic mass is 16.8. The normalized spacial score (nSPS) is 42.4. The van der Waals surface area contributed by atoms with Crippen molar-refractivity contribution in [1.82, 2.24) is 0 Å². The van der Waals surface area contributed by atoms with E-state index in [1.807, 2.05) is 0 Å². The zero-order chi connectivity index (χ0) is 10.3. The molecule has 0 amide bonds. The molecule has 0 aromatic rings. The maximum absolute atomic E-state index is 9.53. The summed E-state index contributed by atoms with van der Waals surface area (Å²) in [5.74, 6) is -0.711. The van der Waals surface area contributed by atoms with E-state index in [1.165, 1.54) is 0 Å². The van der Waals surface area contributed by atoms with Gasteiger partial charge in [0.15, 0.2) is 5.79 Å². The topological polar surface area (TPSA) is 71.5 Å². The van der Waals surface area contributed by atoms with Gasteiger partial charge in [-0.15, -0.1) is 0 Å². The molecule has 4 atom stereocenters. The molecule has 2 rings (SSSR count). The number of epoxide rings is 1. The molecule has 0 unspecified atom stereocenters. The lowest BCUT2D eigenvalue weighted by molar-refractivity contribution is -0.158. The van der Waals surface area contributed by atoms with Crippen LogP contribution in [-0.4, -0.2) is 53.6 Å². The van der Waals surface area contributed by atoms with E-state index in [0.717, 1.165) is 0 Å². The molecule has 0 aromatic heterocycles. The van der Waals surface area contributed by atoms with Crippen molar-refractivity contribution in [1.29, 1.82) is 0 Å². The third-order valence-corrected chi connectivity index (χ3v) is 2.46. The van der Waals surface area contributed by atoms with Gasteiger partial charge in [0.25, 0.3) is 0 Å². The fraction of sp³-hybridized carbons (Fsp3) is 1.00. The molecule has 5 heteroatoms. The summed E-state index contributed by atoms with van der Waals surface area (Å²) in [6.07, 6.45) is -1.68. The van der Waals surface area contributed by atoms with Gasteiger partial charge in [0.2, 0.25) is 0 Å². The van der Waals surface area contributed by atoms with E-state index in [1.54, 1.807) is 13.8 Å². The molecule has 2 N–H and O–H groups in total. The average molecular weight is 204 g/mol. The molecule has 5 nitrogen and oxygen atoms in total. The lowest BCUT2D eigenvalue weighted by Crippen LogP contribution is -2.40. The van der Waals surface area contributed by atoms with Crippen LogP contribution in [0, 0.1) is 0 Å². The molecule has 0 aromatic carbocycles. The smallest absolute Gasteiger partial charge is 0.164 e. The first-order chi connectivity index (χ1) is 6.53. The van der Waals surface area contributed by atoms with Crippen LogP contribution in [0.4, 0.5) is 0 Å². The summed E-state index contributed by atoms with van der Waals surface area (Å²) in [7, 11) is 0. The highest BCUT2D eigenvalue weighted by Crippen LogP contribution is 2.35. The Morgan fingerprint density at radius 3 is 2.57 bits per heavy atom. The predicted octanol–water partition coefficient (Wildman–Crippen LogP) is -0.742. The maximum Gasteiger partial charge on any atom is 0.164 e. The van der Waals surface area contributed by atoms with Crippen LogP contribution < -0.4 is 0 Å². The van der Waals surface area contributed by atoms with Gasteiger partial charge in [-0.1, -0.05) is 0 Å². The van der Waals surface area contributed by atoms with Gasteiger partial charge < -0.3 is 24.4 Å². The highest BCUT2D eigenvalue weighted by molar-refractivity contribution is 4.95. The number of hydrogen-bond donors (Lipinski definition) is 2. The van der Waals surface area contributed by atoms with Crippen LogP contribution in [0.1, 0.15) is 13.8 Å². The Morgan fingerprint density at radius 1 is 1.43 bits per heavy atom. The minimum atomic E-state index is -0.911. The minimum absolute atomic E-state index is 0.00275. The van der Waals surface area contributed by atoms with Crippen molar-refractivity contribution in [2.75, 3.05) is 13.2 Å². The second kappa shape index (κ2) is 3.43. The second-order valence-corrected chi connectivity index (χ2v) is 4.19. The zero-order valence-electron chi connectivity index (χ0n) is 8.34. The van der Waals surface area contributed by atoms with Gasteiger partial charge in [-0.25, -0.2) is 0 Å². The summed E-state index contributed by atoms with van der Waals surface area (Å²) in [6, 6.07) is 0. The van der Waals surface area contributed by atoms with Crippen LogP contribution in [0.5, 0.6) is 0 Å². The monoisotopic (exact) mass is 204 g/mol. The Labute approximate surface area is 82.6 Å². The van der Waals surface area contributed by atoms with E-state index >= 15 is 0 Å². The molecular weight excluding hydrogens is 188 g/mol. The fourth-order valence-corrected chi connectivity index (χ4v) is 1.75. The lowest BCUT2D eigenvalue weighted by Gasteiger charge is -2.19. The number of aliphatic hydroxyl groups is 2. The molecule has 2 heterocycles. The average Bonchev–Trinajstić information content (AvgIpc) is 2.89. The standard InChI is InChI=1S/C9H16O5/c1-9(2)13-7(5(11)3-10)8(14-9)6-4-12-6/h5-8,10-11H,3-4H2,1-2H3/t5-,6-,7-,8-/m1/s1. The van der Waals surface area contributed by atoms with E-state index in [9.17, 15) is 5.11 Å². The quantitative estimate of drug-likeness (QED) is 0.592. The third-order valence-electron chi connectivity index (χ3n) is 2.46. The molecular formula is C9H16O5. The second-order valence-electron chi connectivity index (χ2n) is 4.19. The zero-order valence-corrected chi connectivity index (χ0v) is 8.34. The summed E-state index contributed by atoms with van der Waals surface area (Å²) in [5, 5.41) is 18.4. The number of aliphatic hydroxyl groups excluding tert-OH is 2. The Morgan fingerprint density at radius 2 is 2.07 bits per heavy atom. The van der Waals surface area contributed by atoms with Gasteiger partial charge in [-0.2, -0.15) is 0 Å². The molecule has 2 saturated heterocycles. The molecule has 14 heavy (non-hydrogen) atoms. The van der Waals surface area contributed by atoms with Crippen molar-refractivity contribution in [3.05, 3.63) is 0 Å². The summed E-state index contributed by atoms with van der Waals surface area (Å²) >= 11 is 0. The maximum atomic E-state index is 9.53. The highest BCUT2D eigenvalue weighted by Gasteiger charge is 2.51. The van der Waals surface area contributed by atoms with Crippen molar-refractivity contribution in [3.63, 3.8) is 0 Å². The Bertz CT molecular complexity index is 213. The van der Waals surface area contributed by atoms with Crippen molar-refractivity contribution in [2.45, 2.75) is 44.1 Å². The van der Waals surface area contributed by atoms with Crippen molar-refractivity contribution >= 4 is 0 Å². The minimum Gasteiger partial charge on any atom is -0.394 e. The van der Waals surface area contributed by atoms with Crippen molar-refractivity contribution in [3.8, 4) is 0 Å². The molecule has 0 spiro atoms. The van der Waals surface area contributed by atoms with E-state index in [2.05, 4.69) is 0 Å². The van der Waals surface area contributed by atoms with Gasteiger partial charge in [0.05, 0.1) is 13.2 Å². The Kier molecular flexibility index (Phi) is 2.53. The van der Waals surface area contributed by atoms with Gasteiger partial charge >= 0.3 is 0 Å². The molecule has 0 bridgehead atoms. The van der Waals surface area contributed by atoms with Gasteiger partial charge in [0, 0.05) is 0 Å². The van der Waals surface area contributed by atoms with Crippen LogP contribution in [-0.2, 0) is 14.2 Å². The number of ether oxygens (including phenoxy) is 3. The van der Waals surface area contributed by atoms with Crippen LogP contribution in [0.3, 0.4) is 0 Å². The molecule has 82 valence electrons. The summed E-state index contributed by atoms with van der Waals surface area (Å²) in [4.78, 5) is 0. The number of hydrogen-bond acceptors (Lipinski definition) is 5. The summed E-state index contributed by atoms with van der Waals surface area (Å²) in [6.45, 7) is 3.88. The summed E-state index contributed by atoms with van der Waals surface area (Å²) in [5.41, 5.74) is 0. The Balaban J connectivity index is 2.05.